The van der Waals surface area contributed by atoms with Crippen molar-refractivity contribution in [2.75, 3.05) is 11.9 Å². The second kappa shape index (κ2) is 6.47. The van der Waals surface area contributed by atoms with Crippen molar-refractivity contribution >= 4 is 28.3 Å². The van der Waals surface area contributed by atoms with Crippen LogP contribution in [-0.2, 0) is 20.7 Å². The van der Waals surface area contributed by atoms with Gasteiger partial charge in [-0.15, -0.1) is 11.3 Å². The van der Waals surface area contributed by atoms with Crippen LogP contribution in [0.1, 0.15) is 44.7 Å². The van der Waals surface area contributed by atoms with Crippen LogP contribution < -0.4 is 5.32 Å². The number of anilines is 1. The highest BCUT2D eigenvalue weighted by Gasteiger charge is 2.50. The largest absolute Gasteiger partial charge is 0.466 e. The van der Waals surface area contributed by atoms with Gasteiger partial charge in [0.15, 0.2) is 5.13 Å². The number of nitrogens with zero attached hydrogens (tertiary/aromatic N) is 1. The van der Waals surface area contributed by atoms with E-state index in [0.29, 0.717) is 29.3 Å². The molecule has 130 valence electrons. The predicted molar refractivity (Wildman–Crippen MR) is 91.6 cm³/mol. The molecular weight excluding hydrogens is 324 g/mol. The third-order valence-corrected chi connectivity index (χ3v) is 6.75. The van der Waals surface area contributed by atoms with E-state index in [9.17, 15) is 9.59 Å². The van der Waals surface area contributed by atoms with E-state index in [1.54, 1.807) is 6.92 Å². The summed E-state index contributed by atoms with van der Waals surface area (Å²) in [6, 6.07) is 0. The Morgan fingerprint density at radius 1 is 1.21 bits per heavy atom. The van der Waals surface area contributed by atoms with E-state index in [2.05, 4.69) is 10.3 Å². The number of rotatable bonds is 5. The van der Waals surface area contributed by atoms with Crippen molar-refractivity contribution in [1.82, 2.24) is 4.98 Å². The van der Waals surface area contributed by atoms with Crippen LogP contribution >= 0.6 is 11.3 Å². The zero-order valence-corrected chi connectivity index (χ0v) is 14.8. The number of carbonyl (C=O) groups is 2. The number of hydrogen-bond acceptors (Lipinski definition) is 5. The zero-order chi connectivity index (χ0) is 16.7. The predicted octanol–water partition coefficient (Wildman–Crippen LogP) is 3.26. The first-order valence-corrected chi connectivity index (χ1v) is 9.91. The van der Waals surface area contributed by atoms with Gasteiger partial charge in [0, 0.05) is 11.3 Å². The molecular formula is C18H24N2O3S. The Balaban J connectivity index is 1.38. The van der Waals surface area contributed by atoms with E-state index >= 15 is 0 Å². The summed E-state index contributed by atoms with van der Waals surface area (Å²) in [5.41, 5.74) is 0.666. The summed E-state index contributed by atoms with van der Waals surface area (Å²) >= 11 is 1.39. The van der Waals surface area contributed by atoms with Gasteiger partial charge < -0.3 is 10.1 Å². The van der Waals surface area contributed by atoms with Gasteiger partial charge in [0.05, 0.1) is 18.7 Å². The maximum Gasteiger partial charge on any atom is 0.311 e. The van der Waals surface area contributed by atoms with Crippen molar-refractivity contribution in [3.8, 4) is 0 Å². The number of carbonyl (C=O) groups excluding carboxylic acids is 2. The second-order valence-corrected chi connectivity index (χ2v) is 8.43. The molecule has 0 saturated heterocycles. The molecule has 0 spiro atoms. The molecule has 4 saturated carbocycles. The minimum Gasteiger partial charge on any atom is -0.466 e. The second-order valence-electron chi connectivity index (χ2n) is 7.57. The molecule has 4 bridgehead atoms. The summed E-state index contributed by atoms with van der Waals surface area (Å²) in [5.74, 6) is 2.90. The summed E-state index contributed by atoms with van der Waals surface area (Å²) in [6.07, 6.45) is 6.49. The Kier molecular flexibility index (Phi) is 4.33. The first-order chi connectivity index (χ1) is 11.6. The van der Waals surface area contributed by atoms with Gasteiger partial charge in [-0.2, -0.15) is 0 Å². The minimum atomic E-state index is -0.276. The van der Waals surface area contributed by atoms with E-state index < -0.39 is 0 Å². The number of esters is 1. The van der Waals surface area contributed by atoms with Crippen LogP contribution in [0.15, 0.2) is 5.38 Å². The third-order valence-electron chi connectivity index (χ3n) is 5.94. The Bertz CT molecular complexity index is 614. The number of hydrogen-bond donors (Lipinski definition) is 1. The van der Waals surface area contributed by atoms with E-state index in [0.717, 1.165) is 11.8 Å². The Hall–Kier alpha value is -1.43. The summed E-state index contributed by atoms with van der Waals surface area (Å²) in [6.45, 7) is 2.16. The molecule has 1 heterocycles. The highest BCUT2D eigenvalue weighted by atomic mass is 32.1. The van der Waals surface area contributed by atoms with E-state index in [1.165, 1.54) is 43.4 Å². The first-order valence-electron chi connectivity index (χ1n) is 9.03. The van der Waals surface area contributed by atoms with Crippen molar-refractivity contribution in [3.63, 3.8) is 0 Å². The topological polar surface area (TPSA) is 68.3 Å². The minimum absolute atomic E-state index is 0.140. The molecule has 4 aliphatic rings. The SMILES string of the molecule is CCOC(=O)Cc1csc(NC(=O)C2C3CC4CC(C3)CC2C4)n1. The quantitative estimate of drug-likeness (QED) is 0.829. The molecule has 24 heavy (non-hydrogen) atoms. The summed E-state index contributed by atoms with van der Waals surface area (Å²) in [7, 11) is 0. The molecule has 1 amide bonds. The maximum atomic E-state index is 12.8. The van der Waals surface area contributed by atoms with Crippen LogP contribution in [0.4, 0.5) is 5.13 Å². The molecule has 6 heteroatoms. The number of nitrogens with one attached hydrogen (secondary N) is 1. The molecule has 1 aromatic rings. The third kappa shape index (κ3) is 3.08. The summed E-state index contributed by atoms with van der Waals surface area (Å²) in [4.78, 5) is 28.7. The van der Waals surface area contributed by atoms with E-state index in [4.69, 9.17) is 4.74 Å². The van der Waals surface area contributed by atoms with Gasteiger partial charge in [-0.3, -0.25) is 9.59 Å². The molecule has 5 nitrogen and oxygen atoms in total. The molecule has 1 aromatic heterocycles. The van der Waals surface area contributed by atoms with Gasteiger partial charge in [-0.1, -0.05) is 0 Å². The lowest BCUT2D eigenvalue weighted by atomic mass is 9.51. The Morgan fingerprint density at radius 3 is 2.50 bits per heavy atom. The zero-order valence-electron chi connectivity index (χ0n) is 14.0. The van der Waals surface area contributed by atoms with Crippen LogP contribution in [0.5, 0.6) is 0 Å². The summed E-state index contributed by atoms with van der Waals surface area (Å²) < 4.78 is 4.93. The van der Waals surface area contributed by atoms with Crippen molar-refractivity contribution < 1.29 is 14.3 Å². The van der Waals surface area contributed by atoms with Gasteiger partial charge in [0.2, 0.25) is 5.91 Å². The number of aromatic nitrogens is 1. The van der Waals surface area contributed by atoms with Gasteiger partial charge in [0.25, 0.3) is 0 Å². The molecule has 1 N–H and O–H groups in total. The monoisotopic (exact) mass is 348 g/mol. The maximum absolute atomic E-state index is 12.8. The highest BCUT2D eigenvalue weighted by molar-refractivity contribution is 7.13. The van der Waals surface area contributed by atoms with Crippen LogP contribution in [0.25, 0.3) is 0 Å². The Labute approximate surface area is 146 Å². The highest BCUT2D eigenvalue weighted by Crippen LogP contribution is 2.56. The average molecular weight is 348 g/mol. The lowest BCUT2D eigenvalue weighted by Gasteiger charge is -2.53. The Morgan fingerprint density at radius 2 is 1.88 bits per heavy atom. The molecule has 0 unspecified atom stereocenters. The van der Waals surface area contributed by atoms with Crippen molar-refractivity contribution in [2.24, 2.45) is 29.6 Å². The van der Waals surface area contributed by atoms with Crippen molar-refractivity contribution in [1.29, 1.82) is 0 Å². The van der Waals surface area contributed by atoms with Gasteiger partial charge >= 0.3 is 5.97 Å². The molecule has 4 fully saturated rings. The molecule has 0 atom stereocenters. The van der Waals surface area contributed by atoms with Crippen LogP contribution in [0.3, 0.4) is 0 Å². The molecule has 0 radical (unpaired) electrons. The molecule has 4 aliphatic carbocycles. The number of ether oxygens (including phenoxy) is 1. The normalized spacial score (nSPS) is 33.5. The van der Waals surface area contributed by atoms with Gasteiger partial charge in [-0.05, 0) is 62.7 Å². The first kappa shape index (κ1) is 16.1. The molecule has 5 rings (SSSR count). The van der Waals surface area contributed by atoms with Crippen LogP contribution in [0, 0.1) is 29.6 Å². The van der Waals surface area contributed by atoms with Crippen LogP contribution in [-0.4, -0.2) is 23.5 Å². The fourth-order valence-corrected chi connectivity index (χ4v) is 6.06. The number of amides is 1. The van der Waals surface area contributed by atoms with Gasteiger partial charge in [-0.25, -0.2) is 4.98 Å². The fourth-order valence-electron chi connectivity index (χ4n) is 5.35. The smallest absolute Gasteiger partial charge is 0.311 e. The molecule has 0 aliphatic heterocycles. The van der Waals surface area contributed by atoms with Crippen molar-refractivity contribution in [2.45, 2.75) is 45.4 Å². The van der Waals surface area contributed by atoms with E-state index in [-0.39, 0.29) is 24.2 Å². The summed E-state index contributed by atoms with van der Waals surface area (Å²) in [5, 5.41) is 5.44. The van der Waals surface area contributed by atoms with E-state index in [1.807, 2.05) is 5.38 Å². The lowest BCUT2D eigenvalue weighted by molar-refractivity contribution is -0.142. The fraction of sp³-hybridized carbons (Fsp3) is 0.722. The average Bonchev–Trinajstić information content (AvgIpc) is 2.93. The lowest BCUT2D eigenvalue weighted by Crippen LogP contribution is -2.49. The van der Waals surface area contributed by atoms with Gasteiger partial charge in [0.1, 0.15) is 0 Å². The standard InChI is InChI=1S/C18H24N2O3S/c1-2-23-15(21)8-14-9-24-18(19-14)20-17(22)16-12-4-10-3-11(6-12)7-13(16)5-10/h9-13,16H,2-8H2,1H3,(H,19,20,22). The van der Waals surface area contributed by atoms with Crippen molar-refractivity contribution in [3.05, 3.63) is 11.1 Å². The molecule has 0 aromatic carbocycles. The van der Waals surface area contributed by atoms with Crippen LogP contribution in [0.2, 0.25) is 0 Å². The number of thiazole rings is 1.